The van der Waals surface area contributed by atoms with Gasteiger partial charge in [0.1, 0.15) is 5.03 Å². The molecule has 6 nitrogen and oxygen atoms in total. The van der Waals surface area contributed by atoms with Crippen molar-refractivity contribution in [3.05, 3.63) is 47.3 Å². The molecular weight excluding hydrogens is 380 g/mol. The van der Waals surface area contributed by atoms with Crippen LogP contribution in [0.5, 0.6) is 0 Å². The molecule has 0 saturated heterocycles. The van der Waals surface area contributed by atoms with Gasteiger partial charge in [-0.1, -0.05) is 18.2 Å². The third-order valence-corrected chi connectivity index (χ3v) is 7.48. The summed E-state index contributed by atoms with van der Waals surface area (Å²) in [6.07, 6.45) is 1.83. The fraction of sp³-hybridized carbons (Fsp3) is 0.368. The molecule has 27 heavy (non-hydrogen) atoms. The minimum absolute atomic E-state index is 0.137. The second-order valence-electron chi connectivity index (χ2n) is 6.73. The second-order valence-corrected chi connectivity index (χ2v) is 9.41. The minimum Gasteiger partial charge on any atom is -0.303 e. The van der Waals surface area contributed by atoms with Crippen molar-refractivity contribution in [2.45, 2.75) is 41.6 Å². The molecule has 0 bridgehead atoms. The van der Waals surface area contributed by atoms with Crippen molar-refractivity contribution in [2.24, 2.45) is 0 Å². The van der Waals surface area contributed by atoms with E-state index in [1.165, 1.54) is 11.8 Å². The van der Waals surface area contributed by atoms with E-state index in [4.69, 9.17) is 0 Å². The number of aryl methyl sites for hydroxylation is 2. The molecule has 0 fully saturated rings. The maximum atomic E-state index is 13.3. The molecule has 1 atom stereocenters. The number of thioether (sulfide) groups is 1. The Kier molecular flexibility index (Phi) is 5.33. The number of fused-ring (bicyclic) bond motifs is 1. The molecular formula is C19H24N4O2S2. The van der Waals surface area contributed by atoms with Gasteiger partial charge in [0.2, 0.25) is 9.84 Å². The van der Waals surface area contributed by atoms with E-state index in [1.54, 1.807) is 34.8 Å². The summed E-state index contributed by atoms with van der Waals surface area (Å²) in [5.74, 6) is 0. The molecule has 144 valence electrons. The average molecular weight is 405 g/mol. The van der Waals surface area contributed by atoms with Crippen LogP contribution in [-0.4, -0.2) is 48.3 Å². The highest BCUT2D eigenvalue weighted by molar-refractivity contribution is 7.99. The first kappa shape index (κ1) is 19.9. The molecule has 2 heterocycles. The summed E-state index contributed by atoms with van der Waals surface area (Å²) in [6, 6.07) is 8.58. The lowest BCUT2D eigenvalue weighted by Gasteiger charge is -2.23. The standard InChI is InChI=1S/C19H24N4O2S2/c1-12-16(13(2)22(4)5)14(3)23-18(20-12)17(19(21-23)26-6)27(24,25)15-10-8-7-9-11-15/h7-11,13H,1-6H3. The summed E-state index contributed by atoms with van der Waals surface area (Å²) >= 11 is 1.32. The van der Waals surface area contributed by atoms with E-state index in [1.807, 2.05) is 34.2 Å². The largest absolute Gasteiger partial charge is 0.303 e. The van der Waals surface area contributed by atoms with Crippen molar-refractivity contribution in [1.29, 1.82) is 0 Å². The summed E-state index contributed by atoms with van der Waals surface area (Å²) in [7, 11) is 0.294. The molecule has 2 aromatic heterocycles. The van der Waals surface area contributed by atoms with Gasteiger partial charge in [0.25, 0.3) is 0 Å². The van der Waals surface area contributed by atoms with E-state index in [2.05, 4.69) is 21.9 Å². The van der Waals surface area contributed by atoms with Crippen molar-refractivity contribution in [3.63, 3.8) is 0 Å². The summed E-state index contributed by atoms with van der Waals surface area (Å²) in [5.41, 5.74) is 3.17. The Balaban J connectivity index is 2.36. The highest BCUT2D eigenvalue weighted by atomic mass is 32.2. The number of nitrogens with zero attached hydrogens (tertiary/aromatic N) is 4. The molecule has 0 amide bonds. The number of hydrogen-bond donors (Lipinski definition) is 0. The van der Waals surface area contributed by atoms with Gasteiger partial charge in [-0.15, -0.1) is 11.8 Å². The Hall–Kier alpha value is -1.90. The lowest BCUT2D eigenvalue weighted by molar-refractivity contribution is 0.317. The van der Waals surface area contributed by atoms with E-state index in [0.29, 0.717) is 10.7 Å². The van der Waals surface area contributed by atoms with Crippen LogP contribution in [0.4, 0.5) is 0 Å². The Morgan fingerprint density at radius 1 is 1.15 bits per heavy atom. The van der Waals surface area contributed by atoms with Crippen molar-refractivity contribution < 1.29 is 8.42 Å². The van der Waals surface area contributed by atoms with Gasteiger partial charge in [-0.3, -0.25) is 0 Å². The molecule has 0 aliphatic rings. The molecule has 1 unspecified atom stereocenters. The SMILES string of the molecule is CSc1nn2c(C)c(C(C)N(C)C)c(C)nc2c1S(=O)(=O)c1ccccc1. The zero-order valence-corrected chi connectivity index (χ0v) is 18.0. The maximum Gasteiger partial charge on any atom is 0.213 e. The van der Waals surface area contributed by atoms with Crippen LogP contribution in [0.2, 0.25) is 0 Å². The molecule has 0 aliphatic heterocycles. The van der Waals surface area contributed by atoms with E-state index in [0.717, 1.165) is 17.0 Å². The quantitative estimate of drug-likeness (QED) is 0.606. The summed E-state index contributed by atoms with van der Waals surface area (Å²) in [6.45, 7) is 5.99. The Labute approximate surface area is 164 Å². The topological polar surface area (TPSA) is 67.6 Å². The van der Waals surface area contributed by atoms with Crippen molar-refractivity contribution in [3.8, 4) is 0 Å². The monoisotopic (exact) mass is 404 g/mol. The third kappa shape index (κ3) is 3.26. The first-order valence-corrected chi connectivity index (χ1v) is 11.3. The zero-order chi connectivity index (χ0) is 19.9. The van der Waals surface area contributed by atoms with Crippen LogP contribution in [0.1, 0.15) is 29.9 Å². The second kappa shape index (κ2) is 7.26. The van der Waals surface area contributed by atoms with Crippen LogP contribution in [0, 0.1) is 13.8 Å². The zero-order valence-electron chi connectivity index (χ0n) is 16.4. The van der Waals surface area contributed by atoms with Crippen LogP contribution in [0.3, 0.4) is 0 Å². The third-order valence-electron chi connectivity index (χ3n) is 4.87. The average Bonchev–Trinajstić information content (AvgIpc) is 3.01. The van der Waals surface area contributed by atoms with Gasteiger partial charge in [-0.05, 0) is 53.3 Å². The fourth-order valence-corrected chi connectivity index (χ4v) is 5.66. The Bertz CT molecular complexity index is 1090. The van der Waals surface area contributed by atoms with Crippen molar-refractivity contribution >= 4 is 27.2 Å². The first-order valence-electron chi connectivity index (χ1n) is 8.60. The van der Waals surface area contributed by atoms with Crippen LogP contribution >= 0.6 is 11.8 Å². The smallest absolute Gasteiger partial charge is 0.213 e. The predicted molar refractivity (Wildman–Crippen MR) is 108 cm³/mol. The molecule has 0 radical (unpaired) electrons. The number of sulfone groups is 1. The van der Waals surface area contributed by atoms with E-state index in [-0.39, 0.29) is 15.8 Å². The molecule has 0 N–H and O–H groups in total. The first-order chi connectivity index (χ1) is 12.7. The summed E-state index contributed by atoms with van der Waals surface area (Å²) in [5, 5.41) is 5.05. The molecule has 1 aromatic carbocycles. The normalized spacial score (nSPS) is 13.4. The lowest BCUT2D eigenvalue weighted by atomic mass is 10.0. The van der Waals surface area contributed by atoms with Crippen LogP contribution in [0.25, 0.3) is 5.65 Å². The van der Waals surface area contributed by atoms with Gasteiger partial charge in [-0.25, -0.2) is 17.9 Å². The predicted octanol–water partition coefficient (Wildman–Crippen LogP) is 3.52. The van der Waals surface area contributed by atoms with E-state index in [9.17, 15) is 8.42 Å². The van der Waals surface area contributed by atoms with Crippen molar-refractivity contribution in [2.75, 3.05) is 20.4 Å². The van der Waals surface area contributed by atoms with Gasteiger partial charge in [0.05, 0.1) is 4.90 Å². The summed E-state index contributed by atoms with van der Waals surface area (Å²) in [4.78, 5) is 7.21. The van der Waals surface area contributed by atoms with Gasteiger partial charge in [0, 0.05) is 23.0 Å². The molecule has 0 spiro atoms. The van der Waals surface area contributed by atoms with E-state index >= 15 is 0 Å². The Morgan fingerprint density at radius 3 is 2.33 bits per heavy atom. The molecule has 8 heteroatoms. The van der Waals surface area contributed by atoms with Gasteiger partial charge in [-0.2, -0.15) is 5.10 Å². The Morgan fingerprint density at radius 2 is 1.78 bits per heavy atom. The molecule has 3 rings (SSSR count). The van der Waals surface area contributed by atoms with Gasteiger partial charge in [0.15, 0.2) is 10.5 Å². The number of aromatic nitrogens is 3. The number of benzene rings is 1. The molecule has 0 aliphatic carbocycles. The van der Waals surface area contributed by atoms with Crippen molar-refractivity contribution in [1.82, 2.24) is 19.5 Å². The highest BCUT2D eigenvalue weighted by Crippen LogP contribution is 2.34. The number of hydrogen-bond acceptors (Lipinski definition) is 6. The van der Waals surface area contributed by atoms with E-state index < -0.39 is 9.84 Å². The fourth-order valence-electron chi connectivity index (χ4n) is 3.25. The van der Waals surface area contributed by atoms with Gasteiger partial charge < -0.3 is 4.90 Å². The van der Waals surface area contributed by atoms with Crippen LogP contribution in [0.15, 0.2) is 45.1 Å². The van der Waals surface area contributed by atoms with Crippen LogP contribution in [-0.2, 0) is 9.84 Å². The molecule has 3 aromatic rings. The summed E-state index contributed by atoms with van der Waals surface area (Å²) < 4.78 is 28.3. The molecule has 0 saturated carbocycles. The lowest BCUT2D eigenvalue weighted by Crippen LogP contribution is -2.21. The number of rotatable bonds is 5. The minimum atomic E-state index is -3.73. The highest BCUT2D eigenvalue weighted by Gasteiger charge is 2.30. The van der Waals surface area contributed by atoms with Crippen LogP contribution < -0.4 is 0 Å². The van der Waals surface area contributed by atoms with Gasteiger partial charge >= 0.3 is 0 Å². The maximum absolute atomic E-state index is 13.3.